The first-order chi connectivity index (χ1) is 12.7. The second kappa shape index (κ2) is 7.65. The molecule has 0 N–H and O–H groups in total. The van der Waals surface area contributed by atoms with Crippen LogP contribution < -0.4 is 0 Å². The number of amides is 1. The minimum Gasteiger partial charge on any atom is -0.461 e. The Morgan fingerprint density at radius 1 is 1.08 bits per heavy atom. The molecule has 1 aliphatic carbocycles. The van der Waals surface area contributed by atoms with Crippen LogP contribution in [0.3, 0.4) is 0 Å². The van der Waals surface area contributed by atoms with Crippen molar-refractivity contribution in [3.05, 3.63) is 48.0 Å². The van der Waals surface area contributed by atoms with E-state index in [1.54, 1.807) is 24.3 Å². The first-order valence-electron chi connectivity index (χ1n) is 9.85. The van der Waals surface area contributed by atoms with Crippen molar-refractivity contribution in [1.29, 1.82) is 0 Å². The summed E-state index contributed by atoms with van der Waals surface area (Å²) in [4.78, 5) is 14.9. The van der Waals surface area contributed by atoms with Crippen LogP contribution in [0.25, 0.3) is 11.3 Å². The molecule has 1 aromatic heterocycles. The van der Waals surface area contributed by atoms with E-state index in [1.807, 2.05) is 6.07 Å². The summed E-state index contributed by atoms with van der Waals surface area (Å²) in [7, 11) is 0. The predicted molar refractivity (Wildman–Crippen MR) is 99.1 cm³/mol. The number of piperidine rings is 1. The fourth-order valence-electron chi connectivity index (χ4n) is 4.63. The van der Waals surface area contributed by atoms with E-state index in [4.69, 9.17) is 4.42 Å². The van der Waals surface area contributed by atoms with Crippen LogP contribution in [0.2, 0.25) is 0 Å². The molecule has 1 aromatic carbocycles. The third-order valence-electron chi connectivity index (χ3n) is 5.95. The highest BCUT2D eigenvalue weighted by Crippen LogP contribution is 2.35. The number of hydrogen-bond acceptors (Lipinski definition) is 2. The predicted octanol–water partition coefficient (Wildman–Crippen LogP) is 5.20. The summed E-state index contributed by atoms with van der Waals surface area (Å²) >= 11 is 0. The van der Waals surface area contributed by atoms with Gasteiger partial charge in [0.2, 0.25) is 5.91 Å². The Balaban J connectivity index is 1.38. The average Bonchev–Trinajstić information content (AvgIpc) is 3.15. The summed E-state index contributed by atoms with van der Waals surface area (Å²) in [5, 5.41) is 0. The first-order valence-corrected chi connectivity index (χ1v) is 9.85. The lowest BCUT2D eigenvalue weighted by molar-refractivity contribution is -0.137. The molecule has 2 heterocycles. The lowest BCUT2D eigenvalue weighted by Gasteiger charge is -2.44. The van der Waals surface area contributed by atoms with E-state index in [0.29, 0.717) is 36.1 Å². The zero-order valence-corrected chi connectivity index (χ0v) is 15.1. The zero-order valence-electron chi connectivity index (χ0n) is 15.1. The summed E-state index contributed by atoms with van der Waals surface area (Å²) in [5.74, 6) is 1.92. The number of nitrogens with zero attached hydrogens (tertiary/aromatic N) is 1. The lowest BCUT2D eigenvalue weighted by atomic mass is 9.78. The van der Waals surface area contributed by atoms with E-state index in [9.17, 15) is 9.18 Å². The monoisotopic (exact) mass is 355 g/mol. The van der Waals surface area contributed by atoms with Crippen LogP contribution in [0.15, 0.2) is 40.8 Å². The maximum Gasteiger partial charge on any atom is 0.223 e. The largest absolute Gasteiger partial charge is 0.461 e. The molecule has 0 spiro atoms. The Morgan fingerprint density at radius 2 is 1.88 bits per heavy atom. The van der Waals surface area contributed by atoms with Crippen LogP contribution in [-0.4, -0.2) is 23.4 Å². The second-order valence-electron chi connectivity index (χ2n) is 7.59. The normalized spacial score (nSPS) is 22.9. The van der Waals surface area contributed by atoms with Gasteiger partial charge in [-0.2, -0.15) is 0 Å². The van der Waals surface area contributed by atoms with Gasteiger partial charge in [0, 0.05) is 25.4 Å². The van der Waals surface area contributed by atoms with Crippen molar-refractivity contribution in [3.63, 3.8) is 0 Å². The standard InChI is InChI=1S/C22H26FNO2/c23-19-9-3-2-8-18(19)21-13-11-17(26-21)12-14-22(25)24-15-5-7-16-6-1-4-10-20(16)24/h2-3,8-9,11,13,16,20H,1,4-7,10,12,14-15H2/t16-,20-/m1/s1. The summed E-state index contributed by atoms with van der Waals surface area (Å²) in [6.07, 6.45) is 8.44. The molecule has 0 radical (unpaired) electrons. The van der Waals surface area contributed by atoms with Gasteiger partial charge in [-0.3, -0.25) is 4.79 Å². The highest BCUT2D eigenvalue weighted by atomic mass is 19.1. The Bertz CT molecular complexity index is 767. The quantitative estimate of drug-likeness (QED) is 0.755. The van der Waals surface area contributed by atoms with Gasteiger partial charge in [-0.25, -0.2) is 4.39 Å². The van der Waals surface area contributed by atoms with E-state index in [1.165, 1.54) is 31.7 Å². The lowest BCUT2D eigenvalue weighted by Crippen LogP contribution is -2.49. The van der Waals surface area contributed by atoms with Gasteiger partial charge in [-0.05, 0) is 55.9 Å². The molecule has 0 unspecified atom stereocenters. The Morgan fingerprint density at radius 3 is 2.77 bits per heavy atom. The van der Waals surface area contributed by atoms with E-state index >= 15 is 0 Å². The molecule has 4 heteroatoms. The summed E-state index contributed by atoms with van der Waals surface area (Å²) in [5.41, 5.74) is 0.464. The Labute approximate surface area is 154 Å². The van der Waals surface area contributed by atoms with E-state index < -0.39 is 0 Å². The van der Waals surface area contributed by atoms with Crippen molar-refractivity contribution in [2.45, 2.75) is 57.4 Å². The molecule has 4 rings (SSSR count). The molecule has 2 aliphatic rings. The smallest absolute Gasteiger partial charge is 0.223 e. The first kappa shape index (κ1) is 17.3. The Kier molecular flexibility index (Phi) is 5.09. The molecule has 1 aliphatic heterocycles. The maximum absolute atomic E-state index is 13.9. The van der Waals surface area contributed by atoms with Crippen LogP contribution in [-0.2, 0) is 11.2 Å². The van der Waals surface area contributed by atoms with Crippen molar-refractivity contribution < 1.29 is 13.6 Å². The topological polar surface area (TPSA) is 33.5 Å². The summed E-state index contributed by atoms with van der Waals surface area (Å²) in [6, 6.07) is 10.7. The van der Waals surface area contributed by atoms with Crippen LogP contribution in [0.5, 0.6) is 0 Å². The molecule has 138 valence electrons. The zero-order chi connectivity index (χ0) is 17.9. The number of furan rings is 1. The Hall–Kier alpha value is -2.10. The number of fused-ring (bicyclic) bond motifs is 1. The van der Waals surface area contributed by atoms with E-state index in [2.05, 4.69) is 4.90 Å². The van der Waals surface area contributed by atoms with E-state index in [-0.39, 0.29) is 11.7 Å². The van der Waals surface area contributed by atoms with Crippen molar-refractivity contribution in [1.82, 2.24) is 4.90 Å². The highest BCUT2D eigenvalue weighted by Gasteiger charge is 2.35. The van der Waals surface area contributed by atoms with Gasteiger partial charge in [0.05, 0.1) is 5.56 Å². The third-order valence-corrected chi connectivity index (χ3v) is 5.95. The van der Waals surface area contributed by atoms with Crippen molar-refractivity contribution in [2.75, 3.05) is 6.54 Å². The minimum atomic E-state index is -0.291. The van der Waals surface area contributed by atoms with Gasteiger partial charge in [0.25, 0.3) is 0 Å². The molecule has 0 bridgehead atoms. The van der Waals surface area contributed by atoms with Crippen LogP contribution in [0.1, 0.15) is 50.7 Å². The average molecular weight is 355 g/mol. The van der Waals surface area contributed by atoms with Crippen LogP contribution >= 0.6 is 0 Å². The van der Waals surface area contributed by atoms with Gasteiger partial charge in [0.1, 0.15) is 17.3 Å². The van der Waals surface area contributed by atoms with Gasteiger partial charge in [-0.15, -0.1) is 0 Å². The number of rotatable bonds is 4. The van der Waals surface area contributed by atoms with Gasteiger partial charge < -0.3 is 9.32 Å². The number of benzene rings is 1. The number of carbonyl (C=O) groups excluding carboxylic acids is 1. The minimum absolute atomic E-state index is 0.241. The van der Waals surface area contributed by atoms with Gasteiger partial charge in [-0.1, -0.05) is 25.0 Å². The molecule has 26 heavy (non-hydrogen) atoms. The van der Waals surface area contributed by atoms with Gasteiger partial charge >= 0.3 is 0 Å². The van der Waals surface area contributed by atoms with Gasteiger partial charge in [0.15, 0.2) is 0 Å². The number of halogens is 1. The number of carbonyl (C=O) groups is 1. The number of aryl methyl sites for hydroxylation is 1. The second-order valence-corrected chi connectivity index (χ2v) is 7.59. The fraction of sp³-hybridized carbons (Fsp3) is 0.500. The fourth-order valence-corrected chi connectivity index (χ4v) is 4.63. The molecule has 1 saturated carbocycles. The molecular formula is C22H26FNO2. The highest BCUT2D eigenvalue weighted by molar-refractivity contribution is 5.77. The van der Waals surface area contributed by atoms with Crippen LogP contribution in [0.4, 0.5) is 4.39 Å². The summed E-state index contributed by atoms with van der Waals surface area (Å²) < 4.78 is 19.7. The van der Waals surface area contributed by atoms with Crippen molar-refractivity contribution >= 4 is 5.91 Å². The molecule has 1 amide bonds. The number of likely N-dealkylation sites (tertiary alicyclic amines) is 1. The third kappa shape index (κ3) is 3.55. The van der Waals surface area contributed by atoms with Crippen LogP contribution in [0, 0.1) is 11.7 Å². The SMILES string of the molecule is O=C(CCc1ccc(-c2ccccc2F)o1)N1CCC[C@H]2CCCC[C@H]21. The molecule has 2 fully saturated rings. The van der Waals surface area contributed by atoms with E-state index in [0.717, 1.165) is 25.1 Å². The van der Waals surface area contributed by atoms with Crippen molar-refractivity contribution in [2.24, 2.45) is 5.92 Å². The molecule has 2 aromatic rings. The molecular weight excluding hydrogens is 329 g/mol. The molecule has 3 nitrogen and oxygen atoms in total. The maximum atomic E-state index is 13.9. The molecule has 1 saturated heterocycles. The molecule has 2 atom stereocenters. The van der Waals surface area contributed by atoms with Crippen molar-refractivity contribution in [3.8, 4) is 11.3 Å². The number of hydrogen-bond donors (Lipinski definition) is 0. The summed E-state index contributed by atoms with van der Waals surface area (Å²) in [6.45, 7) is 0.901.